The standard InChI is InChI=1S/C18H26F3N5O/c1-13(2)24-7-9-26(10-8-24)16(27)14-3-5-25(6-4-14)15-11-22-17(23-12-15)18(19,20)21/h11-14H,3-10H2,1-2H3. The number of carbonyl (C=O) groups is 1. The van der Waals surface area contributed by atoms with Gasteiger partial charge in [0.15, 0.2) is 0 Å². The number of piperidine rings is 1. The van der Waals surface area contributed by atoms with E-state index in [9.17, 15) is 18.0 Å². The SMILES string of the molecule is CC(C)N1CCN(C(=O)C2CCN(c3cnc(C(F)(F)F)nc3)CC2)CC1. The van der Waals surface area contributed by atoms with Crippen molar-refractivity contribution in [2.24, 2.45) is 5.92 Å². The van der Waals surface area contributed by atoms with E-state index in [0.29, 0.717) is 37.7 Å². The third-order valence-corrected chi connectivity index (χ3v) is 5.46. The fraction of sp³-hybridized carbons (Fsp3) is 0.722. The number of alkyl halides is 3. The molecule has 2 fully saturated rings. The molecule has 0 aliphatic carbocycles. The van der Waals surface area contributed by atoms with Gasteiger partial charge in [-0.05, 0) is 26.7 Å². The van der Waals surface area contributed by atoms with Crippen LogP contribution >= 0.6 is 0 Å². The number of rotatable bonds is 3. The van der Waals surface area contributed by atoms with Crippen molar-refractivity contribution >= 4 is 11.6 Å². The van der Waals surface area contributed by atoms with E-state index in [-0.39, 0.29) is 11.8 Å². The Morgan fingerprint density at radius 1 is 1.04 bits per heavy atom. The lowest BCUT2D eigenvalue weighted by Crippen LogP contribution is -2.53. The smallest absolute Gasteiger partial charge is 0.369 e. The van der Waals surface area contributed by atoms with E-state index in [1.54, 1.807) is 0 Å². The molecule has 6 nitrogen and oxygen atoms in total. The van der Waals surface area contributed by atoms with Gasteiger partial charge in [-0.25, -0.2) is 9.97 Å². The summed E-state index contributed by atoms with van der Waals surface area (Å²) in [7, 11) is 0. The zero-order valence-electron chi connectivity index (χ0n) is 15.7. The van der Waals surface area contributed by atoms with Gasteiger partial charge in [-0.15, -0.1) is 0 Å². The molecule has 0 unspecified atom stereocenters. The normalized spacial score (nSPS) is 20.4. The number of amides is 1. The summed E-state index contributed by atoms with van der Waals surface area (Å²) in [5, 5.41) is 0. The first kappa shape index (κ1) is 19.9. The molecule has 1 aromatic heterocycles. The van der Waals surface area contributed by atoms with Crippen molar-refractivity contribution in [3.8, 4) is 0 Å². The van der Waals surface area contributed by atoms with Crippen LogP contribution in [0.15, 0.2) is 12.4 Å². The van der Waals surface area contributed by atoms with Gasteiger partial charge in [-0.3, -0.25) is 9.69 Å². The molecule has 1 amide bonds. The molecule has 0 aromatic carbocycles. The number of nitrogens with zero attached hydrogens (tertiary/aromatic N) is 5. The summed E-state index contributed by atoms with van der Waals surface area (Å²) in [6, 6.07) is 0.497. The topological polar surface area (TPSA) is 52.6 Å². The molecular weight excluding hydrogens is 359 g/mol. The fourth-order valence-electron chi connectivity index (χ4n) is 3.73. The zero-order chi connectivity index (χ0) is 19.6. The lowest BCUT2D eigenvalue weighted by molar-refractivity contribution is -0.145. The monoisotopic (exact) mass is 385 g/mol. The summed E-state index contributed by atoms with van der Waals surface area (Å²) in [5.74, 6) is -0.930. The summed E-state index contributed by atoms with van der Waals surface area (Å²) < 4.78 is 37.7. The van der Waals surface area contributed by atoms with Crippen LogP contribution in [-0.4, -0.2) is 71.0 Å². The fourth-order valence-corrected chi connectivity index (χ4v) is 3.73. The number of carbonyl (C=O) groups excluding carboxylic acids is 1. The minimum absolute atomic E-state index is 0.0118. The van der Waals surface area contributed by atoms with E-state index in [1.165, 1.54) is 12.4 Å². The lowest BCUT2D eigenvalue weighted by Gasteiger charge is -2.40. The molecule has 0 bridgehead atoms. The molecule has 0 radical (unpaired) electrons. The maximum absolute atomic E-state index is 12.8. The van der Waals surface area contributed by atoms with Gasteiger partial charge < -0.3 is 9.80 Å². The van der Waals surface area contributed by atoms with Crippen molar-refractivity contribution in [1.29, 1.82) is 0 Å². The summed E-state index contributed by atoms with van der Waals surface area (Å²) >= 11 is 0. The van der Waals surface area contributed by atoms with E-state index < -0.39 is 12.0 Å². The Kier molecular flexibility index (Phi) is 5.88. The van der Waals surface area contributed by atoms with Gasteiger partial charge in [-0.1, -0.05) is 0 Å². The molecule has 2 aliphatic heterocycles. The molecule has 2 aliphatic rings. The van der Waals surface area contributed by atoms with Crippen molar-refractivity contribution in [2.75, 3.05) is 44.2 Å². The van der Waals surface area contributed by atoms with Gasteiger partial charge in [0.25, 0.3) is 0 Å². The van der Waals surface area contributed by atoms with Crippen LogP contribution in [0.3, 0.4) is 0 Å². The minimum atomic E-state index is -4.53. The van der Waals surface area contributed by atoms with E-state index >= 15 is 0 Å². The largest absolute Gasteiger partial charge is 0.451 e. The number of hydrogen-bond donors (Lipinski definition) is 0. The van der Waals surface area contributed by atoms with E-state index in [0.717, 1.165) is 26.2 Å². The number of anilines is 1. The second kappa shape index (κ2) is 8.00. The maximum atomic E-state index is 12.8. The van der Waals surface area contributed by atoms with Gasteiger partial charge in [0.1, 0.15) is 0 Å². The Morgan fingerprint density at radius 3 is 2.07 bits per heavy atom. The van der Waals surface area contributed by atoms with E-state index in [1.807, 2.05) is 9.80 Å². The van der Waals surface area contributed by atoms with Crippen LogP contribution in [0, 0.1) is 5.92 Å². The van der Waals surface area contributed by atoms with Gasteiger partial charge in [-0.2, -0.15) is 13.2 Å². The maximum Gasteiger partial charge on any atom is 0.451 e. The van der Waals surface area contributed by atoms with Crippen LogP contribution in [0.1, 0.15) is 32.5 Å². The predicted molar refractivity (Wildman–Crippen MR) is 95.3 cm³/mol. The van der Waals surface area contributed by atoms with E-state index in [2.05, 4.69) is 28.7 Å². The van der Waals surface area contributed by atoms with Crippen molar-refractivity contribution < 1.29 is 18.0 Å². The molecular formula is C18H26F3N5O. The molecule has 3 rings (SSSR count). The molecule has 9 heteroatoms. The number of hydrogen-bond acceptors (Lipinski definition) is 5. The molecule has 2 saturated heterocycles. The van der Waals surface area contributed by atoms with Crippen molar-refractivity contribution in [1.82, 2.24) is 19.8 Å². The Hall–Kier alpha value is -1.90. The summed E-state index contributed by atoms with van der Waals surface area (Å²) in [6.07, 6.45) is -0.710. The molecule has 0 saturated carbocycles. The Balaban J connectivity index is 1.51. The average Bonchev–Trinajstić information content (AvgIpc) is 2.67. The summed E-state index contributed by atoms with van der Waals surface area (Å²) in [5.41, 5.74) is 0.569. The molecule has 3 heterocycles. The van der Waals surface area contributed by atoms with Crippen molar-refractivity contribution in [3.05, 3.63) is 18.2 Å². The summed E-state index contributed by atoms with van der Waals surface area (Å²) in [6.45, 7) is 8.93. The van der Waals surface area contributed by atoms with Gasteiger partial charge in [0.2, 0.25) is 11.7 Å². The predicted octanol–water partition coefficient (Wildman–Crippen LogP) is 2.26. The molecule has 0 spiro atoms. The molecule has 0 atom stereocenters. The van der Waals surface area contributed by atoms with Crippen LogP contribution in [0.4, 0.5) is 18.9 Å². The Labute approximate surface area is 157 Å². The molecule has 0 N–H and O–H groups in total. The van der Waals surface area contributed by atoms with Crippen molar-refractivity contribution in [3.63, 3.8) is 0 Å². The van der Waals surface area contributed by atoms with Crippen molar-refractivity contribution in [2.45, 2.75) is 38.9 Å². The molecule has 27 heavy (non-hydrogen) atoms. The first-order valence-corrected chi connectivity index (χ1v) is 9.42. The zero-order valence-corrected chi connectivity index (χ0v) is 15.7. The third-order valence-electron chi connectivity index (χ3n) is 5.46. The van der Waals surface area contributed by atoms with Crippen LogP contribution in [0.2, 0.25) is 0 Å². The second-order valence-electron chi connectivity index (χ2n) is 7.48. The van der Waals surface area contributed by atoms with Crippen LogP contribution in [-0.2, 0) is 11.0 Å². The summed E-state index contributed by atoms with van der Waals surface area (Å²) in [4.78, 5) is 25.9. The van der Waals surface area contributed by atoms with Gasteiger partial charge in [0.05, 0.1) is 18.1 Å². The molecule has 1 aromatic rings. The van der Waals surface area contributed by atoms with Gasteiger partial charge in [0, 0.05) is 51.2 Å². The quantitative estimate of drug-likeness (QED) is 0.799. The Morgan fingerprint density at radius 2 is 1.59 bits per heavy atom. The highest BCUT2D eigenvalue weighted by atomic mass is 19.4. The highest BCUT2D eigenvalue weighted by Crippen LogP contribution is 2.28. The highest BCUT2D eigenvalue weighted by molar-refractivity contribution is 5.79. The van der Waals surface area contributed by atoms with Crippen LogP contribution < -0.4 is 4.90 Å². The number of aromatic nitrogens is 2. The Bertz CT molecular complexity index is 633. The van der Waals surface area contributed by atoms with Crippen LogP contribution in [0.25, 0.3) is 0 Å². The number of halogens is 3. The number of piperazine rings is 1. The van der Waals surface area contributed by atoms with Gasteiger partial charge >= 0.3 is 6.18 Å². The third kappa shape index (κ3) is 4.69. The van der Waals surface area contributed by atoms with Crippen LogP contribution in [0.5, 0.6) is 0 Å². The highest BCUT2D eigenvalue weighted by Gasteiger charge is 2.35. The van der Waals surface area contributed by atoms with E-state index in [4.69, 9.17) is 0 Å². The lowest BCUT2D eigenvalue weighted by atomic mass is 9.94. The second-order valence-corrected chi connectivity index (χ2v) is 7.48. The first-order valence-electron chi connectivity index (χ1n) is 9.42. The molecule has 150 valence electrons. The first-order chi connectivity index (χ1) is 12.8. The average molecular weight is 385 g/mol. The minimum Gasteiger partial charge on any atom is -0.369 e.